The van der Waals surface area contributed by atoms with Crippen LogP contribution in [0, 0.1) is 0 Å². The third-order valence-corrected chi connectivity index (χ3v) is 5.01. The van der Waals surface area contributed by atoms with E-state index in [2.05, 4.69) is 31.4 Å². The lowest BCUT2D eigenvalue weighted by Crippen LogP contribution is -2.15. The van der Waals surface area contributed by atoms with Crippen molar-refractivity contribution < 1.29 is 19.1 Å². The highest BCUT2D eigenvalue weighted by Crippen LogP contribution is 2.25. The molecule has 0 saturated heterocycles. The van der Waals surface area contributed by atoms with Crippen LogP contribution in [0.5, 0.6) is 11.5 Å². The van der Waals surface area contributed by atoms with Gasteiger partial charge in [-0.3, -0.25) is 9.59 Å². The van der Waals surface area contributed by atoms with Crippen molar-refractivity contribution in [1.82, 2.24) is 0 Å². The van der Waals surface area contributed by atoms with Gasteiger partial charge in [0.15, 0.2) is 0 Å². The van der Waals surface area contributed by atoms with Gasteiger partial charge in [0.25, 0.3) is 11.8 Å². The predicted molar refractivity (Wildman–Crippen MR) is 127 cm³/mol. The number of amides is 2. The monoisotopic (exact) mass is 432 g/mol. The van der Waals surface area contributed by atoms with E-state index in [0.717, 1.165) is 5.56 Å². The van der Waals surface area contributed by atoms with E-state index in [1.165, 1.54) is 14.2 Å². The molecule has 0 bridgehead atoms. The number of carbonyl (C=O) groups excluding carboxylic acids is 2. The lowest BCUT2D eigenvalue weighted by atomic mass is 9.87. The van der Waals surface area contributed by atoms with Crippen molar-refractivity contribution in [3.05, 3.63) is 83.4 Å². The second-order valence-electron chi connectivity index (χ2n) is 8.42. The summed E-state index contributed by atoms with van der Waals surface area (Å²) in [6.07, 6.45) is 0. The molecule has 0 aliphatic rings. The Morgan fingerprint density at radius 2 is 1.19 bits per heavy atom. The molecule has 2 N–H and O–H groups in total. The average Bonchev–Trinajstić information content (AvgIpc) is 2.78. The molecule has 32 heavy (non-hydrogen) atoms. The molecule has 6 heteroatoms. The summed E-state index contributed by atoms with van der Waals surface area (Å²) in [6, 6.07) is 19.5. The topological polar surface area (TPSA) is 76.7 Å². The molecular formula is C26H28N2O4. The van der Waals surface area contributed by atoms with Crippen molar-refractivity contribution in [3.63, 3.8) is 0 Å². The molecule has 0 saturated carbocycles. The summed E-state index contributed by atoms with van der Waals surface area (Å²) in [5, 5.41) is 5.71. The first-order valence-electron chi connectivity index (χ1n) is 10.3. The van der Waals surface area contributed by atoms with Crippen LogP contribution in [0.15, 0.2) is 66.7 Å². The zero-order valence-corrected chi connectivity index (χ0v) is 19.0. The molecule has 6 nitrogen and oxygen atoms in total. The highest BCUT2D eigenvalue weighted by atomic mass is 16.5. The fourth-order valence-corrected chi connectivity index (χ4v) is 3.14. The summed E-state index contributed by atoms with van der Waals surface area (Å²) in [6.45, 7) is 6.39. The lowest BCUT2D eigenvalue weighted by molar-refractivity contribution is 0.101. The molecule has 0 unspecified atom stereocenters. The fourth-order valence-electron chi connectivity index (χ4n) is 3.14. The van der Waals surface area contributed by atoms with E-state index in [9.17, 15) is 9.59 Å². The average molecular weight is 433 g/mol. The summed E-state index contributed by atoms with van der Waals surface area (Å²) >= 11 is 0. The highest BCUT2D eigenvalue weighted by molar-refractivity contribution is 6.06. The number of hydrogen-bond acceptors (Lipinski definition) is 4. The van der Waals surface area contributed by atoms with Crippen LogP contribution in [0.4, 0.5) is 11.4 Å². The Labute approximate surface area is 188 Å². The molecule has 0 aliphatic heterocycles. The van der Waals surface area contributed by atoms with Gasteiger partial charge in [0.1, 0.15) is 11.5 Å². The Hall–Kier alpha value is -3.80. The standard InChI is InChI=1S/C26H28N2O4/c1-26(2,3)19-11-9-17(10-12-19)24(29)27-20-7-6-8-21(15-20)28-25(30)18-13-22(31-4)16-23(14-18)32-5/h6-16H,1-5H3,(H,27,29)(H,28,30). The number of anilines is 2. The molecule has 3 aromatic rings. The summed E-state index contributed by atoms with van der Waals surface area (Å²) in [5.74, 6) is 0.510. The highest BCUT2D eigenvalue weighted by Gasteiger charge is 2.15. The molecule has 0 aromatic heterocycles. The van der Waals surface area contributed by atoms with Crippen molar-refractivity contribution in [3.8, 4) is 11.5 Å². The minimum Gasteiger partial charge on any atom is -0.497 e. The van der Waals surface area contributed by atoms with Gasteiger partial charge in [-0.25, -0.2) is 0 Å². The number of hydrogen-bond donors (Lipinski definition) is 2. The van der Waals surface area contributed by atoms with Gasteiger partial charge in [-0.1, -0.05) is 39.0 Å². The molecular weight excluding hydrogens is 404 g/mol. The van der Waals surface area contributed by atoms with Gasteiger partial charge in [0, 0.05) is 28.6 Å². The molecule has 0 atom stereocenters. The molecule has 0 radical (unpaired) electrons. The zero-order chi connectivity index (χ0) is 23.3. The minimum atomic E-state index is -0.316. The van der Waals surface area contributed by atoms with Gasteiger partial charge in [-0.05, 0) is 53.4 Å². The van der Waals surface area contributed by atoms with E-state index in [-0.39, 0.29) is 17.2 Å². The van der Waals surface area contributed by atoms with Crippen molar-refractivity contribution in [1.29, 1.82) is 0 Å². The molecule has 2 amide bonds. The normalized spacial score (nSPS) is 10.9. The van der Waals surface area contributed by atoms with Crippen LogP contribution in [0.25, 0.3) is 0 Å². The van der Waals surface area contributed by atoms with Gasteiger partial charge in [-0.2, -0.15) is 0 Å². The molecule has 0 aliphatic carbocycles. The van der Waals surface area contributed by atoms with Gasteiger partial charge in [0.2, 0.25) is 0 Å². The van der Waals surface area contributed by atoms with Crippen molar-refractivity contribution in [2.45, 2.75) is 26.2 Å². The maximum atomic E-state index is 12.7. The Kier molecular flexibility index (Phi) is 6.83. The smallest absolute Gasteiger partial charge is 0.255 e. The van der Waals surface area contributed by atoms with E-state index in [1.807, 2.05) is 24.3 Å². The quantitative estimate of drug-likeness (QED) is 0.539. The van der Waals surface area contributed by atoms with Crippen LogP contribution in [0.2, 0.25) is 0 Å². The number of rotatable bonds is 6. The van der Waals surface area contributed by atoms with E-state index < -0.39 is 0 Å². The number of methoxy groups -OCH3 is 2. The minimum absolute atomic E-state index is 0.0222. The number of carbonyl (C=O) groups is 2. The molecule has 3 aromatic carbocycles. The maximum absolute atomic E-state index is 12.7. The summed E-state index contributed by atoms with van der Waals surface area (Å²) in [4.78, 5) is 25.4. The second kappa shape index (κ2) is 9.56. The molecule has 0 spiro atoms. The van der Waals surface area contributed by atoms with Crippen LogP contribution >= 0.6 is 0 Å². The Morgan fingerprint density at radius 1 is 0.688 bits per heavy atom. The number of ether oxygens (including phenoxy) is 2. The predicted octanol–water partition coefficient (Wildman–Crippen LogP) is 5.51. The van der Waals surface area contributed by atoms with Crippen molar-refractivity contribution in [2.75, 3.05) is 24.9 Å². The largest absolute Gasteiger partial charge is 0.497 e. The van der Waals surface area contributed by atoms with Crippen LogP contribution < -0.4 is 20.1 Å². The third-order valence-electron chi connectivity index (χ3n) is 5.01. The number of nitrogens with one attached hydrogen (secondary N) is 2. The van der Waals surface area contributed by atoms with E-state index in [0.29, 0.717) is 34.0 Å². The Balaban J connectivity index is 1.71. The van der Waals surface area contributed by atoms with Crippen molar-refractivity contribution >= 4 is 23.2 Å². The first-order valence-corrected chi connectivity index (χ1v) is 10.3. The lowest BCUT2D eigenvalue weighted by Gasteiger charge is -2.19. The third kappa shape index (κ3) is 5.66. The molecule has 0 fully saturated rings. The SMILES string of the molecule is COc1cc(OC)cc(C(=O)Nc2cccc(NC(=O)c3ccc(C(C)(C)C)cc3)c2)c1. The van der Waals surface area contributed by atoms with Gasteiger partial charge >= 0.3 is 0 Å². The Bertz CT molecular complexity index is 1090. The summed E-state index contributed by atoms with van der Waals surface area (Å²) in [5.41, 5.74) is 3.28. The summed E-state index contributed by atoms with van der Waals surface area (Å²) < 4.78 is 10.4. The van der Waals surface area contributed by atoms with Gasteiger partial charge < -0.3 is 20.1 Å². The van der Waals surface area contributed by atoms with E-state index in [4.69, 9.17) is 9.47 Å². The second-order valence-corrected chi connectivity index (χ2v) is 8.42. The van der Waals surface area contributed by atoms with Crippen LogP contribution in [0.3, 0.4) is 0 Å². The molecule has 0 heterocycles. The first-order chi connectivity index (χ1) is 15.2. The zero-order valence-electron chi connectivity index (χ0n) is 19.0. The Morgan fingerprint density at radius 3 is 1.66 bits per heavy atom. The van der Waals surface area contributed by atoms with E-state index >= 15 is 0 Å². The van der Waals surface area contributed by atoms with Gasteiger partial charge in [-0.15, -0.1) is 0 Å². The maximum Gasteiger partial charge on any atom is 0.255 e. The molecule has 3 rings (SSSR count). The fraction of sp³-hybridized carbons (Fsp3) is 0.231. The summed E-state index contributed by atoms with van der Waals surface area (Å²) in [7, 11) is 3.05. The number of benzene rings is 3. The van der Waals surface area contributed by atoms with Crippen LogP contribution in [0.1, 0.15) is 47.1 Å². The first kappa shape index (κ1) is 22.9. The van der Waals surface area contributed by atoms with E-state index in [1.54, 1.807) is 42.5 Å². The van der Waals surface area contributed by atoms with Gasteiger partial charge in [0.05, 0.1) is 14.2 Å². The van der Waals surface area contributed by atoms with Crippen molar-refractivity contribution in [2.24, 2.45) is 0 Å². The molecule has 166 valence electrons. The van der Waals surface area contributed by atoms with Crippen LogP contribution in [-0.4, -0.2) is 26.0 Å². The van der Waals surface area contributed by atoms with Crippen LogP contribution in [-0.2, 0) is 5.41 Å².